The molecule has 0 aliphatic carbocycles. The third-order valence-corrected chi connectivity index (χ3v) is 7.48. The molecule has 0 atom stereocenters. The number of hydrogen-bond acceptors (Lipinski definition) is 9. The maximum absolute atomic E-state index is 13.2. The van der Waals surface area contributed by atoms with Gasteiger partial charge in [0.25, 0.3) is 11.8 Å². The Morgan fingerprint density at radius 3 is 2.62 bits per heavy atom. The van der Waals surface area contributed by atoms with Gasteiger partial charge < -0.3 is 19.5 Å². The van der Waals surface area contributed by atoms with Crippen LogP contribution in [0, 0.1) is 13.8 Å². The molecule has 4 aromatic rings. The number of carbonyl (C=O) groups excluding carboxylic acids is 3. The highest BCUT2D eigenvalue weighted by molar-refractivity contribution is 7.10. The molecule has 5 rings (SSSR count). The highest BCUT2D eigenvalue weighted by atomic mass is 32.1. The number of likely N-dealkylation sites (tertiary alicyclic amines) is 1. The van der Waals surface area contributed by atoms with E-state index in [2.05, 4.69) is 25.6 Å². The molecule has 1 aliphatic rings. The predicted octanol–water partition coefficient (Wildman–Crippen LogP) is 2.59. The minimum Gasteiger partial charge on any atom is -0.464 e. The monoisotopic (exact) mass is 522 g/mol. The van der Waals surface area contributed by atoms with E-state index in [0.29, 0.717) is 47.2 Å². The van der Waals surface area contributed by atoms with E-state index < -0.39 is 5.97 Å². The normalized spacial score (nSPS) is 14.2. The lowest BCUT2D eigenvalue weighted by atomic mass is 9.97. The Bertz CT molecular complexity index is 1510. The number of aryl methyl sites for hydroxylation is 3. The molecule has 2 amide bonds. The summed E-state index contributed by atoms with van der Waals surface area (Å²) in [5.74, 6) is -0.841. The summed E-state index contributed by atoms with van der Waals surface area (Å²) in [7, 11) is 3.01. The van der Waals surface area contributed by atoms with Crippen LogP contribution in [0.25, 0.3) is 5.65 Å². The van der Waals surface area contributed by atoms with E-state index in [9.17, 15) is 14.4 Å². The van der Waals surface area contributed by atoms with E-state index >= 15 is 0 Å². The molecular weight excluding hydrogens is 496 g/mol. The number of esters is 1. The van der Waals surface area contributed by atoms with Gasteiger partial charge in [0.1, 0.15) is 11.4 Å². The van der Waals surface area contributed by atoms with E-state index in [1.165, 1.54) is 18.4 Å². The van der Waals surface area contributed by atoms with Crippen molar-refractivity contribution in [2.45, 2.75) is 32.6 Å². The van der Waals surface area contributed by atoms with Crippen LogP contribution in [0.4, 0.5) is 5.69 Å². The number of nitrogens with one attached hydrogen (secondary N) is 1. The molecule has 0 aromatic carbocycles. The van der Waals surface area contributed by atoms with Crippen LogP contribution in [0.3, 0.4) is 0 Å². The minimum atomic E-state index is -0.483. The number of piperidine rings is 1. The average molecular weight is 523 g/mol. The number of carbonyl (C=O) groups is 3. The molecule has 12 nitrogen and oxygen atoms in total. The van der Waals surface area contributed by atoms with Gasteiger partial charge in [-0.25, -0.2) is 14.3 Å². The quantitative estimate of drug-likeness (QED) is 0.395. The number of thiazole rings is 1. The lowest BCUT2D eigenvalue weighted by molar-refractivity contribution is 0.0589. The molecule has 1 saturated heterocycles. The van der Waals surface area contributed by atoms with Crippen LogP contribution in [-0.4, -0.2) is 72.2 Å². The molecule has 0 radical (unpaired) electrons. The Morgan fingerprint density at radius 2 is 1.89 bits per heavy atom. The maximum Gasteiger partial charge on any atom is 0.354 e. The van der Waals surface area contributed by atoms with Gasteiger partial charge >= 0.3 is 5.97 Å². The van der Waals surface area contributed by atoms with Crippen molar-refractivity contribution in [1.82, 2.24) is 34.3 Å². The third kappa shape index (κ3) is 4.69. The molecular formula is C24H26N8O4S. The number of fused-ring (bicyclic) bond motifs is 1. The Kier molecular flexibility index (Phi) is 6.46. The lowest BCUT2D eigenvalue weighted by Crippen LogP contribution is -2.39. The number of anilines is 1. The largest absolute Gasteiger partial charge is 0.464 e. The fraction of sp³-hybridized carbons (Fsp3) is 0.375. The summed E-state index contributed by atoms with van der Waals surface area (Å²) in [5, 5.41) is 18.1. The second-order valence-electron chi connectivity index (χ2n) is 9.00. The van der Waals surface area contributed by atoms with E-state index in [1.807, 2.05) is 19.9 Å². The molecule has 1 aliphatic heterocycles. The van der Waals surface area contributed by atoms with Crippen LogP contribution in [0.2, 0.25) is 0 Å². The Labute approximate surface area is 216 Å². The number of ether oxygens (including phenoxy) is 1. The summed E-state index contributed by atoms with van der Waals surface area (Å²) in [6.45, 7) is 4.81. The average Bonchev–Trinajstić information content (AvgIpc) is 3.62. The first kappa shape index (κ1) is 24.6. The van der Waals surface area contributed by atoms with Gasteiger partial charge in [-0.3, -0.25) is 9.59 Å². The van der Waals surface area contributed by atoms with E-state index in [-0.39, 0.29) is 17.7 Å². The van der Waals surface area contributed by atoms with Crippen LogP contribution in [0.1, 0.15) is 66.6 Å². The Morgan fingerprint density at radius 1 is 1.14 bits per heavy atom. The maximum atomic E-state index is 13.2. The van der Waals surface area contributed by atoms with Gasteiger partial charge in [0.15, 0.2) is 11.3 Å². The van der Waals surface area contributed by atoms with Gasteiger partial charge in [0.05, 0.1) is 29.2 Å². The third-order valence-electron chi connectivity index (χ3n) is 6.47. The van der Waals surface area contributed by atoms with Gasteiger partial charge in [-0.2, -0.15) is 5.10 Å². The second kappa shape index (κ2) is 9.73. The van der Waals surface area contributed by atoms with Crippen LogP contribution in [0.15, 0.2) is 23.7 Å². The number of aromatic nitrogens is 6. The summed E-state index contributed by atoms with van der Waals surface area (Å²) in [4.78, 5) is 44.0. The zero-order valence-electron chi connectivity index (χ0n) is 20.9. The molecule has 192 valence electrons. The van der Waals surface area contributed by atoms with Crippen molar-refractivity contribution in [3.8, 4) is 0 Å². The molecule has 13 heteroatoms. The molecule has 5 heterocycles. The summed E-state index contributed by atoms with van der Waals surface area (Å²) in [6, 6.07) is 3.38. The first-order chi connectivity index (χ1) is 17.7. The fourth-order valence-electron chi connectivity index (χ4n) is 4.47. The molecule has 1 N–H and O–H groups in total. The standard InChI is InChI=1S/C24H26N8O4S/c1-13-9-19-27-28-20(14(2)32(19)29-13)23(34)31-7-5-15(6-8-31)22-26-17(12-37-22)21(33)25-16-10-18(24(35)36-4)30(3)11-16/h9-12,15H,5-8H2,1-4H3,(H,25,33). The van der Waals surface area contributed by atoms with Gasteiger partial charge in [-0.1, -0.05) is 0 Å². The van der Waals surface area contributed by atoms with Gasteiger partial charge in [-0.05, 0) is 32.8 Å². The molecule has 4 aromatic heterocycles. The minimum absolute atomic E-state index is 0.154. The van der Waals surface area contributed by atoms with Crippen molar-refractivity contribution in [3.63, 3.8) is 0 Å². The summed E-state index contributed by atoms with van der Waals surface area (Å²) >= 11 is 1.44. The van der Waals surface area contributed by atoms with E-state index in [0.717, 1.165) is 23.5 Å². The number of methoxy groups -OCH3 is 1. The first-order valence-corrected chi connectivity index (χ1v) is 12.6. The number of rotatable bonds is 5. The molecule has 0 unspecified atom stereocenters. The van der Waals surface area contributed by atoms with E-state index in [4.69, 9.17) is 4.74 Å². The van der Waals surface area contributed by atoms with Gasteiger partial charge in [0, 0.05) is 43.7 Å². The highest BCUT2D eigenvalue weighted by Crippen LogP contribution is 2.31. The van der Waals surface area contributed by atoms with Crippen LogP contribution in [0.5, 0.6) is 0 Å². The molecule has 0 bridgehead atoms. The summed E-state index contributed by atoms with van der Waals surface area (Å²) in [5.41, 5.74) is 3.53. The summed E-state index contributed by atoms with van der Waals surface area (Å²) in [6.07, 6.45) is 3.11. The number of amides is 2. The molecule has 1 fully saturated rings. The van der Waals surface area contributed by atoms with Crippen molar-refractivity contribution in [3.05, 3.63) is 57.2 Å². The van der Waals surface area contributed by atoms with Crippen LogP contribution >= 0.6 is 11.3 Å². The second-order valence-corrected chi connectivity index (χ2v) is 9.89. The number of nitrogens with zero attached hydrogens (tertiary/aromatic N) is 7. The Hall–Kier alpha value is -4.13. The highest BCUT2D eigenvalue weighted by Gasteiger charge is 2.29. The van der Waals surface area contributed by atoms with Crippen molar-refractivity contribution in [2.75, 3.05) is 25.5 Å². The molecule has 37 heavy (non-hydrogen) atoms. The Balaban J connectivity index is 1.21. The zero-order valence-corrected chi connectivity index (χ0v) is 21.7. The topological polar surface area (TPSA) is 137 Å². The first-order valence-electron chi connectivity index (χ1n) is 11.8. The summed E-state index contributed by atoms with van der Waals surface area (Å²) < 4.78 is 7.98. The smallest absolute Gasteiger partial charge is 0.354 e. The lowest BCUT2D eigenvalue weighted by Gasteiger charge is -2.31. The van der Waals surface area contributed by atoms with Crippen molar-refractivity contribution < 1.29 is 19.1 Å². The van der Waals surface area contributed by atoms with Crippen molar-refractivity contribution >= 4 is 40.5 Å². The fourth-order valence-corrected chi connectivity index (χ4v) is 5.44. The SMILES string of the molecule is COC(=O)c1cc(NC(=O)c2csc(C3CCN(C(=O)c4nnc5cc(C)nn5c4C)CC3)n2)cn1C. The van der Waals surface area contributed by atoms with Crippen LogP contribution in [-0.2, 0) is 11.8 Å². The van der Waals surface area contributed by atoms with Crippen LogP contribution < -0.4 is 5.32 Å². The van der Waals surface area contributed by atoms with Gasteiger partial charge in [0.2, 0.25) is 0 Å². The van der Waals surface area contributed by atoms with Crippen molar-refractivity contribution in [1.29, 1.82) is 0 Å². The van der Waals surface area contributed by atoms with E-state index in [1.54, 1.807) is 38.7 Å². The predicted molar refractivity (Wildman–Crippen MR) is 135 cm³/mol. The zero-order chi connectivity index (χ0) is 26.3. The molecule has 0 spiro atoms. The molecule has 0 saturated carbocycles. The number of hydrogen-bond donors (Lipinski definition) is 1. The van der Waals surface area contributed by atoms with Gasteiger partial charge in [-0.15, -0.1) is 21.5 Å². The van der Waals surface area contributed by atoms with Crippen molar-refractivity contribution in [2.24, 2.45) is 7.05 Å².